The van der Waals surface area contributed by atoms with Crippen LogP contribution in [0, 0.1) is 22.2 Å². The number of nitrogens with one attached hydrogen (secondary N) is 1. The molecule has 1 amide bonds. The van der Waals surface area contributed by atoms with Crippen molar-refractivity contribution in [2.75, 3.05) is 19.6 Å². The number of likely N-dealkylation sites (N-methyl/N-ethyl adjacent to an activating group) is 1. The fourth-order valence-electron chi connectivity index (χ4n) is 7.64. The molecule has 0 aromatic heterocycles. The number of likely N-dealkylation sites (tertiary alicyclic amines) is 1. The molecule has 4 bridgehead atoms. The summed E-state index contributed by atoms with van der Waals surface area (Å²) in [7, 11) is 0. The lowest BCUT2D eigenvalue weighted by molar-refractivity contribution is -0.170. The van der Waals surface area contributed by atoms with Crippen LogP contribution >= 0.6 is 0 Å². The van der Waals surface area contributed by atoms with Crippen molar-refractivity contribution in [2.45, 2.75) is 78.2 Å². The lowest BCUT2D eigenvalue weighted by atomic mass is 9.40. The number of carbonyl (C=O) groups is 1. The second-order valence-electron chi connectivity index (χ2n) is 10.0. The number of hydrogen-bond acceptors (Lipinski definition) is 2. The van der Waals surface area contributed by atoms with Crippen LogP contribution < -0.4 is 5.32 Å². The highest BCUT2D eigenvalue weighted by molar-refractivity contribution is 5.83. The van der Waals surface area contributed by atoms with Crippen molar-refractivity contribution in [1.82, 2.24) is 10.2 Å². The van der Waals surface area contributed by atoms with E-state index in [2.05, 4.69) is 31.0 Å². The average Bonchev–Trinajstić information content (AvgIpc) is 2.88. The van der Waals surface area contributed by atoms with E-state index in [-0.39, 0.29) is 5.41 Å². The van der Waals surface area contributed by atoms with E-state index in [0.29, 0.717) is 22.8 Å². The van der Waals surface area contributed by atoms with E-state index < -0.39 is 0 Å². The van der Waals surface area contributed by atoms with Gasteiger partial charge in [-0.05, 0) is 81.2 Å². The molecule has 0 aromatic rings. The summed E-state index contributed by atoms with van der Waals surface area (Å²) in [6, 6.07) is 0.573. The van der Waals surface area contributed by atoms with Gasteiger partial charge in [0.25, 0.3) is 0 Å². The molecule has 3 nitrogen and oxygen atoms in total. The minimum absolute atomic E-state index is 0.0431. The van der Waals surface area contributed by atoms with Gasteiger partial charge in [0.2, 0.25) is 5.91 Å². The number of hydrogen-bond donors (Lipinski definition) is 1. The average molecular weight is 319 g/mol. The molecule has 130 valence electrons. The third-order valence-electron chi connectivity index (χ3n) is 7.51. The number of carbonyl (C=O) groups excluding carboxylic acids is 1. The normalized spacial score (nSPS) is 48.8. The first-order valence-electron chi connectivity index (χ1n) is 9.88. The predicted octanol–water partition coefficient (Wildman–Crippen LogP) is 3.58. The van der Waals surface area contributed by atoms with Crippen molar-refractivity contribution in [1.29, 1.82) is 0 Å². The molecule has 4 aliphatic carbocycles. The number of nitrogens with zero attached hydrogens (tertiary/aromatic N) is 1. The first-order chi connectivity index (χ1) is 10.9. The largest absolute Gasteiger partial charge is 0.354 e. The highest BCUT2D eigenvalue weighted by Gasteiger charge is 2.62. The van der Waals surface area contributed by atoms with Gasteiger partial charge in [0.05, 0.1) is 5.41 Å². The Kier molecular flexibility index (Phi) is 3.61. The molecule has 3 heteroatoms. The summed E-state index contributed by atoms with van der Waals surface area (Å²) in [6.07, 6.45) is 10.1. The van der Waals surface area contributed by atoms with Gasteiger partial charge in [-0.1, -0.05) is 20.8 Å². The third kappa shape index (κ3) is 2.63. The Bertz CT molecular complexity index is 484. The Morgan fingerprint density at radius 1 is 1.13 bits per heavy atom. The molecule has 5 fully saturated rings. The zero-order valence-corrected chi connectivity index (χ0v) is 15.3. The zero-order chi connectivity index (χ0) is 16.3. The summed E-state index contributed by atoms with van der Waals surface area (Å²) < 4.78 is 0. The summed E-state index contributed by atoms with van der Waals surface area (Å²) in [6.45, 7) is 10.3. The predicted molar refractivity (Wildman–Crippen MR) is 93.1 cm³/mol. The molecule has 3 atom stereocenters. The fourth-order valence-corrected chi connectivity index (χ4v) is 7.64. The SMILES string of the molecule is CCN1CCCC1CNC(=O)C12CC3CC(C)(CC(C)(C3)C1)C2. The Morgan fingerprint density at radius 2 is 1.83 bits per heavy atom. The molecular weight excluding hydrogens is 284 g/mol. The Balaban J connectivity index is 1.46. The van der Waals surface area contributed by atoms with Crippen LogP contribution in [0.1, 0.15) is 72.1 Å². The number of rotatable bonds is 4. The summed E-state index contributed by atoms with van der Waals surface area (Å²) in [4.78, 5) is 15.7. The smallest absolute Gasteiger partial charge is 0.226 e. The molecule has 1 N–H and O–H groups in total. The van der Waals surface area contributed by atoms with Crippen molar-refractivity contribution in [3.8, 4) is 0 Å². The van der Waals surface area contributed by atoms with E-state index in [1.807, 2.05) is 0 Å². The van der Waals surface area contributed by atoms with E-state index in [1.165, 1.54) is 38.6 Å². The molecule has 23 heavy (non-hydrogen) atoms. The zero-order valence-electron chi connectivity index (χ0n) is 15.3. The van der Waals surface area contributed by atoms with Crippen LogP contribution in [0.3, 0.4) is 0 Å². The highest BCUT2D eigenvalue weighted by Crippen LogP contribution is 2.69. The summed E-state index contributed by atoms with van der Waals surface area (Å²) >= 11 is 0. The highest BCUT2D eigenvalue weighted by atomic mass is 16.2. The van der Waals surface area contributed by atoms with Gasteiger partial charge < -0.3 is 5.32 Å². The molecule has 1 saturated heterocycles. The third-order valence-corrected chi connectivity index (χ3v) is 7.51. The summed E-state index contributed by atoms with van der Waals surface area (Å²) in [5.74, 6) is 1.19. The van der Waals surface area contributed by atoms with E-state index in [0.717, 1.165) is 38.3 Å². The van der Waals surface area contributed by atoms with Gasteiger partial charge in [0, 0.05) is 12.6 Å². The monoisotopic (exact) mass is 318 g/mol. The first-order valence-corrected chi connectivity index (χ1v) is 9.88. The van der Waals surface area contributed by atoms with Crippen molar-refractivity contribution in [3.05, 3.63) is 0 Å². The minimum atomic E-state index is -0.0431. The number of amides is 1. The second-order valence-corrected chi connectivity index (χ2v) is 10.0. The van der Waals surface area contributed by atoms with Gasteiger partial charge >= 0.3 is 0 Å². The van der Waals surface area contributed by atoms with Crippen LogP contribution in [-0.4, -0.2) is 36.5 Å². The van der Waals surface area contributed by atoms with E-state index in [4.69, 9.17) is 0 Å². The van der Waals surface area contributed by atoms with Crippen LogP contribution in [0.15, 0.2) is 0 Å². The lowest BCUT2D eigenvalue weighted by Crippen LogP contribution is -2.60. The van der Waals surface area contributed by atoms with E-state index in [9.17, 15) is 4.79 Å². The van der Waals surface area contributed by atoms with Gasteiger partial charge in [-0.3, -0.25) is 9.69 Å². The topological polar surface area (TPSA) is 32.3 Å². The van der Waals surface area contributed by atoms with Crippen LogP contribution in [0.25, 0.3) is 0 Å². The molecule has 0 radical (unpaired) electrons. The Morgan fingerprint density at radius 3 is 2.43 bits per heavy atom. The summed E-state index contributed by atoms with van der Waals surface area (Å²) in [5.41, 5.74) is 0.807. The van der Waals surface area contributed by atoms with Crippen LogP contribution in [-0.2, 0) is 4.79 Å². The molecule has 5 aliphatic rings. The molecule has 3 unspecified atom stereocenters. The van der Waals surface area contributed by atoms with Crippen molar-refractivity contribution < 1.29 is 4.79 Å². The van der Waals surface area contributed by atoms with E-state index in [1.54, 1.807) is 0 Å². The van der Waals surface area contributed by atoms with Crippen LogP contribution in [0.5, 0.6) is 0 Å². The van der Waals surface area contributed by atoms with Crippen LogP contribution in [0.4, 0.5) is 0 Å². The maximum Gasteiger partial charge on any atom is 0.226 e. The van der Waals surface area contributed by atoms with Gasteiger partial charge in [0.1, 0.15) is 0 Å². The quantitative estimate of drug-likeness (QED) is 0.859. The molecule has 0 aromatic carbocycles. The Labute approximate surface area is 141 Å². The Hall–Kier alpha value is -0.570. The molecular formula is C20H34N2O. The second kappa shape index (κ2) is 5.21. The summed E-state index contributed by atoms with van der Waals surface area (Å²) in [5, 5.41) is 3.40. The van der Waals surface area contributed by atoms with Gasteiger partial charge in [-0.2, -0.15) is 0 Å². The van der Waals surface area contributed by atoms with Crippen LogP contribution in [0.2, 0.25) is 0 Å². The lowest BCUT2D eigenvalue weighted by Gasteiger charge is -2.64. The maximum absolute atomic E-state index is 13.2. The first kappa shape index (κ1) is 15.9. The van der Waals surface area contributed by atoms with Gasteiger partial charge in [-0.15, -0.1) is 0 Å². The van der Waals surface area contributed by atoms with Gasteiger partial charge in [0.15, 0.2) is 0 Å². The minimum Gasteiger partial charge on any atom is -0.354 e. The fraction of sp³-hybridized carbons (Fsp3) is 0.950. The van der Waals surface area contributed by atoms with E-state index >= 15 is 0 Å². The maximum atomic E-state index is 13.2. The van der Waals surface area contributed by atoms with Crippen molar-refractivity contribution in [3.63, 3.8) is 0 Å². The molecule has 0 spiro atoms. The molecule has 1 heterocycles. The van der Waals surface area contributed by atoms with Gasteiger partial charge in [-0.25, -0.2) is 0 Å². The van der Waals surface area contributed by atoms with Crippen molar-refractivity contribution >= 4 is 5.91 Å². The van der Waals surface area contributed by atoms with Crippen molar-refractivity contribution in [2.24, 2.45) is 22.2 Å². The molecule has 5 rings (SSSR count). The molecule has 4 saturated carbocycles. The molecule has 1 aliphatic heterocycles. The standard InChI is InChI=1S/C20H34N2O/c1-4-22-7-5-6-16(22)11-21-17(23)20-10-15-8-18(2,13-20)12-19(3,9-15)14-20/h15-16H,4-14H2,1-3H3,(H,21,23).